The van der Waals surface area contributed by atoms with E-state index in [0.717, 1.165) is 5.39 Å². The number of para-hydroxylation sites is 1. The number of nitrogens with one attached hydrogen (secondary N) is 1. The van der Waals surface area contributed by atoms with Gasteiger partial charge in [0.05, 0.1) is 30.6 Å². The Hall–Kier alpha value is -3.18. The van der Waals surface area contributed by atoms with Crippen LogP contribution in [0, 0.1) is 11.3 Å². The van der Waals surface area contributed by atoms with Crippen LogP contribution < -0.4 is 10.1 Å². The number of aromatic nitrogens is 4. The van der Waals surface area contributed by atoms with E-state index in [9.17, 15) is 5.11 Å². The van der Waals surface area contributed by atoms with Crippen molar-refractivity contribution in [1.29, 1.82) is 5.26 Å². The van der Waals surface area contributed by atoms with Gasteiger partial charge in [-0.25, -0.2) is 14.6 Å². The maximum absolute atomic E-state index is 10.1. The van der Waals surface area contributed by atoms with Crippen molar-refractivity contribution in [2.75, 3.05) is 18.5 Å². The molecule has 0 aliphatic carbocycles. The van der Waals surface area contributed by atoms with Crippen molar-refractivity contribution < 1.29 is 9.84 Å². The molecule has 128 valence electrons. The summed E-state index contributed by atoms with van der Waals surface area (Å²) in [7, 11) is 0. The molecule has 0 fully saturated rings. The average molecular weight is 338 g/mol. The van der Waals surface area contributed by atoms with Crippen molar-refractivity contribution in [3.63, 3.8) is 0 Å². The van der Waals surface area contributed by atoms with Crippen LogP contribution in [-0.4, -0.2) is 44.1 Å². The van der Waals surface area contributed by atoms with Gasteiger partial charge in [0.1, 0.15) is 30.6 Å². The lowest BCUT2D eigenvalue weighted by molar-refractivity contribution is 0.117. The summed E-state index contributed by atoms with van der Waals surface area (Å²) in [5, 5.41) is 26.8. The summed E-state index contributed by atoms with van der Waals surface area (Å²) in [6, 6.07) is 11.4. The lowest BCUT2D eigenvalue weighted by atomic mass is 10.3. The Morgan fingerprint density at radius 3 is 2.92 bits per heavy atom. The van der Waals surface area contributed by atoms with E-state index < -0.39 is 6.10 Å². The van der Waals surface area contributed by atoms with Crippen LogP contribution in [0.4, 0.5) is 5.82 Å². The van der Waals surface area contributed by atoms with E-state index in [2.05, 4.69) is 26.5 Å². The standard InChI is InChI=1S/C17H18N6O2/c18-7-4-8-23-17-15(10-22-23)16(20-12-21-17)19-9-13(24)11-25-14-5-2-1-3-6-14/h1-3,5-6,10,12-13,24H,4,8-9,11H2,(H,19,20,21)/t13-/m0/s1. The highest BCUT2D eigenvalue weighted by Crippen LogP contribution is 2.18. The number of hydrogen-bond donors (Lipinski definition) is 2. The number of nitrogens with zero attached hydrogens (tertiary/aromatic N) is 5. The van der Waals surface area contributed by atoms with E-state index in [1.54, 1.807) is 10.9 Å². The largest absolute Gasteiger partial charge is 0.491 e. The molecule has 8 nitrogen and oxygen atoms in total. The molecular weight excluding hydrogens is 320 g/mol. The van der Waals surface area contributed by atoms with E-state index in [0.29, 0.717) is 30.2 Å². The van der Waals surface area contributed by atoms with Crippen molar-refractivity contribution in [3.8, 4) is 11.8 Å². The highest BCUT2D eigenvalue weighted by atomic mass is 16.5. The minimum absolute atomic E-state index is 0.173. The van der Waals surface area contributed by atoms with Gasteiger partial charge in [-0.05, 0) is 12.1 Å². The minimum Gasteiger partial charge on any atom is -0.491 e. The first-order valence-electron chi connectivity index (χ1n) is 7.91. The molecule has 2 N–H and O–H groups in total. The Morgan fingerprint density at radius 1 is 1.28 bits per heavy atom. The monoisotopic (exact) mass is 338 g/mol. The van der Waals surface area contributed by atoms with Crippen LogP contribution in [0.2, 0.25) is 0 Å². The van der Waals surface area contributed by atoms with Crippen molar-refractivity contribution in [2.45, 2.75) is 19.1 Å². The molecule has 0 radical (unpaired) electrons. The molecule has 3 aromatic rings. The third-order valence-corrected chi connectivity index (χ3v) is 3.56. The molecule has 0 bridgehead atoms. The zero-order chi connectivity index (χ0) is 17.5. The molecule has 0 spiro atoms. The van der Waals surface area contributed by atoms with Gasteiger partial charge in [-0.2, -0.15) is 10.4 Å². The van der Waals surface area contributed by atoms with Gasteiger partial charge in [0.2, 0.25) is 0 Å². The number of benzene rings is 1. The minimum atomic E-state index is -0.696. The third kappa shape index (κ3) is 4.22. The van der Waals surface area contributed by atoms with Crippen LogP contribution in [0.1, 0.15) is 6.42 Å². The van der Waals surface area contributed by atoms with Crippen LogP contribution in [-0.2, 0) is 6.54 Å². The number of hydrogen-bond acceptors (Lipinski definition) is 7. The summed E-state index contributed by atoms with van der Waals surface area (Å²) in [6.07, 6.45) is 2.75. The summed E-state index contributed by atoms with van der Waals surface area (Å²) in [5.74, 6) is 1.30. The van der Waals surface area contributed by atoms with Crippen LogP contribution in [0.3, 0.4) is 0 Å². The molecule has 0 saturated carbocycles. The highest BCUT2D eigenvalue weighted by molar-refractivity contribution is 5.86. The Kier molecular flexibility index (Phi) is 5.39. The molecule has 25 heavy (non-hydrogen) atoms. The number of aliphatic hydroxyl groups excluding tert-OH is 1. The van der Waals surface area contributed by atoms with Crippen LogP contribution in [0.25, 0.3) is 11.0 Å². The number of fused-ring (bicyclic) bond motifs is 1. The SMILES string of the molecule is N#CCCn1ncc2c(NC[C@H](O)COc3ccccc3)ncnc21. The summed E-state index contributed by atoms with van der Waals surface area (Å²) in [5.41, 5.74) is 0.655. The van der Waals surface area contributed by atoms with E-state index in [1.165, 1.54) is 6.33 Å². The fraction of sp³-hybridized carbons (Fsp3) is 0.294. The van der Waals surface area contributed by atoms with Gasteiger partial charge in [0.15, 0.2) is 5.65 Å². The van der Waals surface area contributed by atoms with Crippen molar-refractivity contribution in [2.24, 2.45) is 0 Å². The smallest absolute Gasteiger partial charge is 0.163 e. The van der Waals surface area contributed by atoms with E-state index >= 15 is 0 Å². The molecule has 0 aliphatic rings. The highest BCUT2D eigenvalue weighted by Gasteiger charge is 2.11. The van der Waals surface area contributed by atoms with Gasteiger partial charge in [-0.3, -0.25) is 0 Å². The zero-order valence-electron chi connectivity index (χ0n) is 13.5. The van der Waals surface area contributed by atoms with Gasteiger partial charge >= 0.3 is 0 Å². The van der Waals surface area contributed by atoms with E-state index in [-0.39, 0.29) is 13.2 Å². The first-order chi connectivity index (χ1) is 12.3. The maximum atomic E-state index is 10.1. The van der Waals surface area contributed by atoms with Gasteiger partial charge in [0, 0.05) is 6.54 Å². The maximum Gasteiger partial charge on any atom is 0.163 e. The van der Waals surface area contributed by atoms with Gasteiger partial charge < -0.3 is 15.2 Å². The molecule has 3 rings (SSSR count). The molecule has 0 saturated heterocycles. The molecule has 2 heterocycles. The number of rotatable bonds is 8. The van der Waals surface area contributed by atoms with E-state index in [4.69, 9.17) is 10.00 Å². The predicted molar refractivity (Wildman–Crippen MR) is 92.0 cm³/mol. The second-order valence-electron chi connectivity index (χ2n) is 5.39. The third-order valence-electron chi connectivity index (χ3n) is 3.56. The fourth-order valence-corrected chi connectivity index (χ4v) is 2.34. The quantitative estimate of drug-likeness (QED) is 0.642. The average Bonchev–Trinajstić information content (AvgIpc) is 3.07. The molecule has 2 aromatic heterocycles. The molecule has 1 atom stereocenters. The van der Waals surface area contributed by atoms with Gasteiger partial charge in [-0.15, -0.1) is 0 Å². The van der Waals surface area contributed by atoms with Crippen molar-refractivity contribution >= 4 is 16.9 Å². The second-order valence-corrected chi connectivity index (χ2v) is 5.39. The Labute approximate surface area is 144 Å². The molecule has 1 aromatic carbocycles. The van der Waals surface area contributed by atoms with Crippen molar-refractivity contribution in [3.05, 3.63) is 42.9 Å². The number of ether oxygens (including phenoxy) is 1. The summed E-state index contributed by atoms with van der Waals surface area (Å²) in [6.45, 7) is 0.930. The summed E-state index contributed by atoms with van der Waals surface area (Å²) in [4.78, 5) is 8.41. The molecule has 0 unspecified atom stereocenters. The Balaban J connectivity index is 1.59. The molecular formula is C17H18N6O2. The number of anilines is 1. The number of aliphatic hydroxyl groups is 1. The fourth-order valence-electron chi connectivity index (χ4n) is 2.34. The zero-order valence-corrected chi connectivity index (χ0v) is 13.5. The predicted octanol–water partition coefficient (Wildman–Crippen LogP) is 1.59. The first-order valence-corrected chi connectivity index (χ1v) is 7.91. The van der Waals surface area contributed by atoms with Crippen LogP contribution in [0.5, 0.6) is 5.75 Å². The van der Waals surface area contributed by atoms with Crippen molar-refractivity contribution in [1.82, 2.24) is 19.7 Å². The lowest BCUT2D eigenvalue weighted by Gasteiger charge is -2.13. The first kappa shape index (κ1) is 16.7. The van der Waals surface area contributed by atoms with Gasteiger partial charge in [-0.1, -0.05) is 18.2 Å². The molecule has 8 heteroatoms. The lowest BCUT2D eigenvalue weighted by Crippen LogP contribution is -2.26. The van der Waals surface area contributed by atoms with Crippen LogP contribution >= 0.6 is 0 Å². The Bertz CT molecular complexity index is 858. The molecule has 0 aliphatic heterocycles. The molecule has 0 amide bonds. The Morgan fingerprint density at radius 2 is 2.12 bits per heavy atom. The second kappa shape index (κ2) is 8.08. The van der Waals surface area contributed by atoms with Crippen LogP contribution in [0.15, 0.2) is 42.9 Å². The normalized spacial score (nSPS) is 11.8. The van der Waals surface area contributed by atoms with Gasteiger partial charge in [0.25, 0.3) is 0 Å². The van der Waals surface area contributed by atoms with E-state index in [1.807, 2.05) is 30.3 Å². The topological polar surface area (TPSA) is 109 Å². The number of nitriles is 1. The summed E-state index contributed by atoms with van der Waals surface area (Å²) >= 11 is 0. The number of aryl methyl sites for hydroxylation is 1. The summed E-state index contributed by atoms with van der Waals surface area (Å²) < 4.78 is 7.19.